The number of rotatable bonds is 1. The van der Waals surface area contributed by atoms with Gasteiger partial charge in [0.05, 0.1) is 5.56 Å². The molecule has 0 unspecified atom stereocenters. The van der Waals surface area contributed by atoms with E-state index in [1.165, 1.54) is 12.1 Å². The van der Waals surface area contributed by atoms with E-state index in [4.69, 9.17) is 4.42 Å². The maximum Gasteiger partial charge on any atom is 0.192 e. The third-order valence-electron chi connectivity index (χ3n) is 1.74. The second-order valence-corrected chi connectivity index (χ2v) is 2.69. The van der Waals surface area contributed by atoms with E-state index in [2.05, 4.69) is 4.98 Å². The van der Waals surface area contributed by atoms with Gasteiger partial charge < -0.3 is 4.42 Å². The van der Waals surface area contributed by atoms with Crippen molar-refractivity contribution in [2.45, 2.75) is 6.92 Å². The van der Waals surface area contributed by atoms with Crippen LogP contribution in [0.5, 0.6) is 0 Å². The third-order valence-corrected chi connectivity index (χ3v) is 1.74. The number of fused-ring (bicyclic) bond motifs is 1. The average Bonchev–Trinajstić information content (AvgIpc) is 2.42. The number of hydrogen-bond donors (Lipinski definition) is 0. The van der Waals surface area contributed by atoms with E-state index in [-0.39, 0.29) is 5.56 Å². The average molecular weight is 179 g/mol. The Kier molecular flexibility index (Phi) is 1.62. The Bertz CT molecular complexity index is 476. The third kappa shape index (κ3) is 1.20. The van der Waals surface area contributed by atoms with Crippen LogP contribution in [0, 0.1) is 12.7 Å². The van der Waals surface area contributed by atoms with Crippen molar-refractivity contribution in [3.8, 4) is 0 Å². The molecule has 1 aromatic carbocycles. The topological polar surface area (TPSA) is 43.1 Å². The fourth-order valence-electron chi connectivity index (χ4n) is 1.17. The van der Waals surface area contributed by atoms with Gasteiger partial charge in [-0.25, -0.2) is 9.37 Å². The summed E-state index contributed by atoms with van der Waals surface area (Å²) in [5, 5.41) is 0. The lowest BCUT2D eigenvalue weighted by atomic mass is 10.2. The van der Waals surface area contributed by atoms with Crippen molar-refractivity contribution in [2.24, 2.45) is 0 Å². The van der Waals surface area contributed by atoms with E-state index in [1.807, 2.05) is 0 Å². The van der Waals surface area contributed by atoms with Gasteiger partial charge in [0.1, 0.15) is 11.3 Å². The molecular formula is C9H6FNO2. The van der Waals surface area contributed by atoms with Crippen LogP contribution in [-0.2, 0) is 0 Å². The highest BCUT2D eigenvalue weighted by Crippen LogP contribution is 2.18. The summed E-state index contributed by atoms with van der Waals surface area (Å²) in [4.78, 5) is 14.4. The quantitative estimate of drug-likeness (QED) is 0.629. The van der Waals surface area contributed by atoms with Crippen molar-refractivity contribution in [1.29, 1.82) is 0 Å². The zero-order valence-electron chi connectivity index (χ0n) is 6.87. The van der Waals surface area contributed by atoms with Gasteiger partial charge in [-0.05, 0) is 6.07 Å². The SMILES string of the molecule is Cc1nc2cc(C=O)c(F)cc2o1. The zero-order chi connectivity index (χ0) is 9.42. The molecule has 0 radical (unpaired) electrons. The molecule has 0 saturated heterocycles. The molecule has 0 aliphatic carbocycles. The van der Waals surface area contributed by atoms with Gasteiger partial charge in [-0.3, -0.25) is 4.79 Å². The predicted molar refractivity (Wildman–Crippen MR) is 44.1 cm³/mol. The Morgan fingerprint density at radius 1 is 1.54 bits per heavy atom. The monoisotopic (exact) mass is 179 g/mol. The first kappa shape index (κ1) is 7.91. The number of aldehydes is 1. The molecule has 0 fully saturated rings. The van der Waals surface area contributed by atoms with Crippen LogP contribution < -0.4 is 0 Å². The standard InChI is InChI=1S/C9H6FNO2/c1-5-11-8-2-6(4-12)7(10)3-9(8)13-5/h2-4H,1H3. The second-order valence-electron chi connectivity index (χ2n) is 2.69. The summed E-state index contributed by atoms with van der Waals surface area (Å²) in [6.45, 7) is 1.67. The number of aryl methyl sites for hydroxylation is 1. The normalized spacial score (nSPS) is 10.6. The van der Waals surface area contributed by atoms with E-state index < -0.39 is 5.82 Å². The van der Waals surface area contributed by atoms with E-state index in [1.54, 1.807) is 6.92 Å². The summed E-state index contributed by atoms with van der Waals surface area (Å²) in [5.74, 6) is -0.129. The Balaban J connectivity index is 2.79. The molecule has 66 valence electrons. The number of halogens is 1. The lowest BCUT2D eigenvalue weighted by Crippen LogP contribution is -1.86. The van der Waals surface area contributed by atoms with Crippen LogP contribution in [0.1, 0.15) is 16.2 Å². The Morgan fingerprint density at radius 3 is 3.00 bits per heavy atom. The number of aromatic nitrogens is 1. The lowest BCUT2D eigenvalue weighted by Gasteiger charge is -1.91. The van der Waals surface area contributed by atoms with E-state index in [0.717, 1.165) is 0 Å². The van der Waals surface area contributed by atoms with Crippen molar-refractivity contribution in [3.63, 3.8) is 0 Å². The Morgan fingerprint density at radius 2 is 2.31 bits per heavy atom. The number of oxazole rings is 1. The van der Waals surface area contributed by atoms with Crippen LogP contribution in [-0.4, -0.2) is 11.3 Å². The van der Waals surface area contributed by atoms with Crippen LogP contribution in [0.4, 0.5) is 4.39 Å². The Labute approximate surface area is 73.2 Å². The highest BCUT2D eigenvalue weighted by molar-refractivity contribution is 5.84. The molecule has 0 saturated carbocycles. The molecule has 0 aliphatic heterocycles. The number of hydrogen-bond acceptors (Lipinski definition) is 3. The smallest absolute Gasteiger partial charge is 0.192 e. The van der Waals surface area contributed by atoms with Crippen molar-refractivity contribution in [3.05, 3.63) is 29.4 Å². The van der Waals surface area contributed by atoms with Crippen LogP contribution in [0.2, 0.25) is 0 Å². The molecule has 0 bridgehead atoms. The summed E-state index contributed by atoms with van der Waals surface area (Å²) >= 11 is 0. The molecule has 2 aromatic rings. The molecular weight excluding hydrogens is 173 g/mol. The van der Waals surface area contributed by atoms with Crippen molar-refractivity contribution >= 4 is 17.4 Å². The van der Waals surface area contributed by atoms with Crippen LogP contribution in [0.25, 0.3) is 11.1 Å². The summed E-state index contributed by atoms with van der Waals surface area (Å²) in [6, 6.07) is 2.53. The molecule has 0 spiro atoms. The van der Waals surface area contributed by atoms with Gasteiger partial charge in [-0.2, -0.15) is 0 Å². The van der Waals surface area contributed by atoms with Gasteiger partial charge in [0.25, 0.3) is 0 Å². The highest BCUT2D eigenvalue weighted by Gasteiger charge is 2.07. The minimum atomic E-state index is -0.585. The fraction of sp³-hybridized carbons (Fsp3) is 0.111. The van der Waals surface area contributed by atoms with Crippen LogP contribution in [0.3, 0.4) is 0 Å². The first-order valence-electron chi connectivity index (χ1n) is 3.72. The number of carbonyl (C=O) groups excluding carboxylic acids is 1. The maximum absolute atomic E-state index is 13.0. The molecule has 1 aromatic heterocycles. The first-order valence-corrected chi connectivity index (χ1v) is 3.72. The van der Waals surface area contributed by atoms with E-state index in [9.17, 15) is 9.18 Å². The molecule has 0 aliphatic rings. The van der Waals surface area contributed by atoms with Crippen molar-refractivity contribution in [2.75, 3.05) is 0 Å². The molecule has 0 atom stereocenters. The van der Waals surface area contributed by atoms with E-state index >= 15 is 0 Å². The van der Waals surface area contributed by atoms with Crippen molar-refractivity contribution in [1.82, 2.24) is 4.98 Å². The molecule has 1 heterocycles. The molecule has 4 heteroatoms. The molecule has 0 amide bonds. The summed E-state index contributed by atoms with van der Waals surface area (Å²) < 4.78 is 18.1. The van der Waals surface area contributed by atoms with Gasteiger partial charge in [0.2, 0.25) is 0 Å². The summed E-state index contributed by atoms with van der Waals surface area (Å²) in [7, 11) is 0. The van der Waals surface area contributed by atoms with E-state index in [0.29, 0.717) is 23.3 Å². The molecule has 2 rings (SSSR count). The minimum Gasteiger partial charge on any atom is -0.441 e. The van der Waals surface area contributed by atoms with Gasteiger partial charge in [0, 0.05) is 13.0 Å². The van der Waals surface area contributed by atoms with Gasteiger partial charge in [-0.15, -0.1) is 0 Å². The van der Waals surface area contributed by atoms with Crippen molar-refractivity contribution < 1.29 is 13.6 Å². The van der Waals surface area contributed by atoms with Crippen LogP contribution in [0.15, 0.2) is 16.5 Å². The number of benzene rings is 1. The minimum absolute atomic E-state index is 0.000741. The van der Waals surface area contributed by atoms with Gasteiger partial charge in [-0.1, -0.05) is 0 Å². The predicted octanol–water partition coefficient (Wildman–Crippen LogP) is 2.09. The Hall–Kier alpha value is -1.71. The second kappa shape index (κ2) is 2.65. The van der Waals surface area contributed by atoms with Gasteiger partial charge >= 0.3 is 0 Å². The summed E-state index contributed by atoms with van der Waals surface area (Å²) in [6.07, 6.45) is 0.457. The zero-order valence-corrected chi connectivity index (χ0v) is 6.87. The van der Waals surface area contributed by atoms with Crippen LogP contribution >= 0.6 is 0 Å². The number of carbonyl (C=O) groups is 1. The maximum atomic E-state index is 13.0. The molecule has 3 nitrogen and oxygen atoms in total. The molecule has 0 N–H and O–H groups in total. The summed E-state index contributed by atoms with van der Waals surface area (Å²) in [5.41, 5.74) is 0.863. The first-order chi connectivity index (χ1) is 6.20. The highest BCUT2D eigenvalue weighted by atomic mass is 19.1. The number of nitrogens with zero attached hydrogens (tertiary/aromatic N) is 1. The molecule has 13 heavy (non-hydrogen) atoms. The lowest BCUT2D eigenvalue weighted by molar-refractivity contribution is 0.112. The fourth-order valence-corrected chi connectivity index (χ4v) is 1.17. The van der Waals surface area contributed by atoms with Gasteiger partial charge in [0.15, 0.2) is 17.8 Å². The largest absolute Gasteiger partial charge is 0.441 e.